The van der Waals surface area contributed by atoms with Crippen LogP contribution in [0.2, 0.25) is 0 Å². The molecule has 0 heterocycles. The first-order valence-corrected chi connectivity index (χ1v) is 10.3. The average Bonchev–Trinajstić information content (AvgIpc) is 3.04. The highest BCUT2D eigenvalue weighted by Gasteiger charge is 2.35. The zero-order valence-corrected chi connectivity index (χ0v) is 16.3. The van der Waals surface area contributed by atoms with Gasteiger partial charge in [-0.3, -0.25) is 4.79 Å². The number of rotatable bonds is 6. The van der Waals surface area contributed by atoms with Gasteiger partial charge in [-0.1, -0.05) is 38.0 Å². The van der Waals surface area contributed by atoms with Crippen molar-refractivity contribution in [1.82, 2.24) is 0 Å². The first-order chi connectivity index (χ1) is 13.0. The summed E-state index contributed by atoms with van der Waals surface area (Å²) in [4.78, 5) is 12.0. The predicted molar refractivity (Wildman–Crippen MR) is 106 cm³/mol. The van der Waals surface area contributed by atoms with E-state index >= 15 is 0 Å². The zero-order valence-electron chi connectivity index (χ0n) is 16.3. The monoisotopic (exact) mass is 369 g/mol. The number of fused-ring (bicyclic) bond motifs is 1. The second-order valence-corrected chi connectivity index (χ2v) is 8.17. The van der Waals surface area contributed by atoms with E-state index in [1.807, 2.05) is 6.11 Å². The van der Waals surface area contributed by atoms with E-state index in [4.69, 9.17) is 15.6 Å². The van der Waals surface area contributed by atoms with Gasteiger partial charge in [0.05, 0.1) is 5.54 Å². The number of carbonyl (C=O) groups is 1. The van der Waals surface area contributed by atoms with E-state index < -0.39 is 5.54 Å². The Morgan fingerprint density at radius 3 is 2.96 bits per heavy atom. The van der Waals surface area contributed by atoms with Crippen molar-refractivity contribution in [3.63, 3.8) is 0 Å². The highest BCUT2D eigenvalue weighted by Crippen LogP contribution is 2.40. The van der Waals surface area contributed by atoms with Crippen LogP contribution in [0.25, 0.3) is 0 Å². The predicted octanol–water partition coefficient (Wildman–Crippen LogP) is 3.97. The number of hydrogen-bond acceptors (Lipinski definition) is 4. The molecule has 2 aliphatic carbocycles. The van der Waals surface area contributed by atoms with Gasteiger partial charge in [-0.2, -0.15) is 0 Å². The molecule has 0 bridgehead atoms. The minimum Gasteiger partial charge on any atom is -0.462 e. The van der Waals surface area contributed by atoms with Crippen LogP contribution in [0, 0.1) is 12.0 Å². The number of nitrogens with two attached hydrogens (primary N) is 1. The number of aryl methyl sites for hydroxylation is 1. The number of benzene rings is 1. The summed E-state index contributed by atoms with van der Waals surface area (Å²) in [5.74, 6) is 3.11. The Morgan fingerprint density at radius 1 is 1.33 bits per heavy atom. The summed E-state index contributed by atoms with van der Waals surface area (Å²) in [6, 6.07) is 6.68. The SMILES string of the molecule is CCCCCC(=O)OC1CCc2cc([C@H]3CC[C@](N)(C#CO)C3)ccc2C1. The van der Waals surface area contributed by atoms with Gasteiger partial charge in [0.25, 0.3) is 0 Å². The van der Waals surface area contributed by atoms with Crippen molar-refractivity contribution in [2.45, 2.75) is 88.7 Å². The summed E-state index contributed by atoms with van der Waals surface area (Å²) in [6.07, 6.45) is 10.9. The second kappa shape index (κ2) is 8.80. The van der Waals surface area contributed by atoms with Crippen molar-refractivity contribution in [3.8, 4) is 12.0 Å². The molecular weight excluding hydrogens is 338 g/mol. The molecule has 146 valence electrons. The van der Waals surface area contributed by atoms with Crippen molar-refractivity contribution in [1.29, 1.82) is 0 Å². The van der Waals surface area contributed by atoms with E-state index in [-0.39, 0.29) is 12.1 Å². The van der Waals surface area contributed by atoms with Gasteiger partial charge in [0.2, 0.25) is 0 Å². The van der Waals surface area contributed by atoms with Gasteiger partial charge in [0, 0.05) is 12.8 Å². The second-order valence-electron chi connectivity index (χ2n) is 8.17. The quantitative estimate of drug-likeness (QED) is 0.452. The topological polar surface area (TPSA) is 72.5 Å². The van der Waals surface area contributed by atoms with E-state index in [2.05, 4.69) is 31.0 Å². The number of hydrogen-bond donors (Lipinski definition) is 2. The number of esters is 1. The molecule has 1 aromatic carbocycles. The molecule has 0 spiro atoms. The molecular formula is C23H31NO3. The molecule has 1 fully saturated rings. The number of carbonyl (C=O) groups excluding carboxylic acids is 1. The third kappa shape index (κ3) is 5.05. The van der Waals surface area contributed by atoms with Gasteiger partial charge >= 0.3 is 5.97 Å². The Morgan fingerprint density at radius 2 is 2.19 bits per heavy atom. The van der Waals surface area contributed by atoms with Crippen LogP contribution in [-0.4, -0.2) is 22.7 Å². The largest absolute Gasteiger partial charge is 0.462 e. The molecule has 3 atom stereocenters. The van der Waals surface area contributed by atoms with Gasteiger partial charge in [-0.15, -0.1) is 0 Å². The van der Waals surface area contributed by atoms with Crippen LogP contribution in [0.1, 0.15) is 80.9 Å². The Balaban J connectivity index is 1.58. The molecule has 0 amide bonds. The smallest absolute Gasteiger partial charge is 0.306 e. The molecule has 4 nitrogen and oxygen atoms in total. The fourth-order valence-corrected chi connectivity index (χ4v) is 4.45. The van der Waals surface area contributed by atoms with E-state index in [1.165, 1.54) is 16.7 Å². The third-order valence-electron chi connectivity index (χ3n) is 6.02. The maximum Gasteiger partial charge on any atom is 0.306 e. The lowest BCUT2D eigenvalue weighted by molar-refractivity contribution is -0.149. The Hall–Kier alpha value is -1.99. The van der Waals surface area contributed by atoms with Gasteiger partial charge in [-0.25, -0.2) is 0 Å². The molecule has 1 saturated carbocycles. The third-order valence-corrected chi connectivity index (χ3v) is 6.02. The van der Waals surface area contributed by atoms with Crippen LogP contribution in [-0.2, 0) is 22.4 Å². The van der Waals surface area contributed by atoms with Gasteiger partial charge < -0.3 is 15.6 Å². The Labute approximate surface area is 162 Å². The Bertz CT molecular complexity index is 733. The normalized spacial score (nSPS) is 26.7. The van der Waals surface area contributed by atoms with E-state index in [0.717, 1.165) is 57.8 Å². The number of aliphatic hydroxyl groups excluding tert-OH is 1. The molecule has 0 aliphatic heterocycles. The number of unbranched alkanes of at least 4 members (excludes halogenated alkanes) is 2. The fraction of sp³-hybridized carbons (Fsp3) is 0.609. The zero-order chi connectivity index (χ0) is 19.3. The molecule has 3 N–H and O–H groups in total. The minimum atomic E-state index is -0.563. The van der Waals surface area contributed by atoms with E-state index in [0.29, 0.717) is 12.3 Å². The van der Waals surface area contributed by atoms with Crippen molar-refractivity contribution >= 4 is 5.97 Å². The summed E-state index contributed by atoms with van der Waals surface area (Å²) in [5, 5.41) is 8.88. The number of ether oxygens (including phenoxy) is 1. The molecule has 2 aliphatic rings. The van der Waals surface area contributed by atoms with Crippen LogP contribution in [0.3, 0.4) is 0 Å². The van der Waals surface area contributed by atoms with Gasteiger partial charge in [0.1, 0.15) is 12.2 Å². The maximum absolute atomic E-state index is 12.0. The lowest BCUT2D eigenvalue weighted by Gasteiger charge is -2.26. The lowest BCUT2D eigenvalue weighted by atomic mass is 9.85. The number of aliphatic hydroxyl groups is 1. The average molecular weight is 370 g/mol. The molecule has 1 aromatic rings. The highest BCUT2D eigenvalue weighted by atomic mass is 16.5. The van der Waals surface area contributed by atoms with Crippen molar-refractivity contribution in [2.24, 2.45) is 5.73 Å². The molecule has 1 unspecified atom stereocenters. The maximum atomic E-state index is 12.0. The molecule has 0 aromatic heterocycles. The first-order valence-electron chi connectivity index (χ1n) is 10.3. The molecule has 4 heteroatoms. The van der Waals surface area contributed by atoms with Crippen LogP contribution in [0.5, 0.6) is 0 Å². The van der Waals surface area contributed by atoms with Gasteiger partial charge in [0.15, 0.2) is 0 Å². The summed E-state index contributed by atoms with van der Waals surface area (Å²) in [7, 11) is 0. The van der Waals surface area contributed by atoms with Crippen molar-refractivity contribution in [3.05, 3.63) is 34.9 Å². The highest BCUT2D eigenvalue weighted by molar-refractivity contribution is 5.69. The fourth-order valence-electron chi connectivity index (χ4n) is 4.45. The van der Waals surface area contributed by atoms with Crippen molar-refractivity contribution < 1.29 is 14.6 Å². The lowest BCUT2D eigenvalue weighted by Crippen LogP contribution is -2.34. The molecule has 3 rings (SSSR count). The van der Waals surface area contributed by atoms with Crippen LogP contribution >= 0.6 is 0 Å². The molecule has 0 radical (unpaired) electrons. The van der Waals surface area contributed by atoms with Crippen LogP contribution in [0.15, 0.2) is 18.2 Å². The summed E-state index contributed by atoms with van der Waals surface area (Å²) in [6.45, 7) is 2.14. The van der Waals surface area contributed by atoms with Crippen LogP contribution < -0.4 is 5.73 Å². The summed E-state index contributed by atoms with van der Waals surface area (Å²) >= 11 is 0. The van der Waals surface area contributed by atoms with Crippen molar-refractivity contribution in [2.75, 3.05) is 0 Å². The first kappa shape index (κ1) is 19.8. The standard InChI is InChI=1S/C23H31NO3/c1-2-3-4-5-22(26)27-21-9-8-17-14-18(6-7-19(17)15-21)20-10-11-23(24,16-20)12-13-25/h6-7,14,20-21,25H,2-5,8-11,15-16,24H2,1H3/t20-,21?,23-/m0/s1. The molecule has 0 saturated heterocycles. The summed E-state index contributed by atoms with van der Waals surface area (Å²) < 4.78 is 5.68. The summed E-state index contributed by atoms with van der Waals surface area (Å²) in [5.41, 5.74) is 9.68. The van der Waals surface area contributed by atoms with Gasteiger partial charge in [-0.05, 0) is 67.1 Å². The molecule has 27 heavy (non-hydrogen) atoms. The van der Waals surface area contributed by atoms with E-state index in [9.17, 15) is 4.79 Å². The van der Waals surface area contributed by atoms with E-state index in [1.54, 1.807) is 0 Å². The minimum absolute atomic E-state index is 0.0143. The Kier molecular flexibility index (Phi) is 6.44. The van der Waals surface area contributed by atoms with Crippen LogP contribution in [0.4, 0.5) is 0 Å².